The summed E-state index contributed by atoms with van der Waals surface area (Å²) in [6.45, 7) is 21.8. The van der Waals surface area contributed by atoms with Crippen LogP contribution < -0.4 is 0 Å². The van der Waals surface area contributed by atoms with E-state index in [1.807, 2.05) is 0 Å². The summed E-state index contributed by atoms with van der Waals surface area (Å²) in [5.41, 5.74) is 0.887. The van der Waals surface area contributed by atoms with Crippen molar-refractivity contribution in [2.45, 2.75) is 88.0 Å². The van der Waals surface area contributed by atoms with Crippen molar-refractivity contribution in [3.05, 3.63) is 0 Å². The highest BCUT2D eigenvalue weighted by molar-refractivity contribution is 4.91. The summed E-state index contributed by atoms with van der Waals surface area (Å²) in [5.74, 6) is 2.47. The number of hydrogen-bond donors (Lipinski definition) is 0. The predicted molar refractivity (Wildman–Crippen MR) is 84.9 cm³/mol. The molecular formula is C18H38. The summed E-state index contributed by atoms with van der Waals surface area (Å²) in [5, 5.41) is 0. The summed E-state index contributed by atoms with van der Waals surface area (Å²) in [4.78, 5) is 0. The molecule has 0 rings (SSSR count). The fourth-order valence-electron chi connectivity index (χ4n) is 3.23. The normalized spacial score (nSPS) is 15.5. The standard InChI is InChI=1S/C18H38/c1-10-15(11-2)13-16(17(6,7)12-3)18(8,9)14(4)5/h14-16H,10-13H2,1-9H3. The zero-order valence-electron chi connectivity index (χ0n) is 14.6. The van der Waals surface area contributed by atoms with Crippen LogP contribution in [0.5, 0.6) is 0 Å². The van der Waals surface area contributed by atoms with E-state index in [1.54, 1.807) is 0 Å². The first-order valence-electron chi connectivity index (χ1n) is 8.13. The van der Waals surface area contributed by atoms with Gasteiger partial charge in [0.2, 0.25) is 0 Å². The van der Waals surface area contributed by atoms with E-state index in [2.05, 4.69) is 62.3 Å². The molecule has 0 aromatic carbocycles. The monoisotopic (exact) mass is 254 g/mol. The highest BCUT2D eigenvalue weighted by Crippen LogP contribution is 2.50. The Morgan fingerprint density at radius 1 is 0.833 bits per heavy atom. The lowest BCUT2D eigenvalue weighted by atomic mass is 9.57. The van der Waals surface area contributed by atoms with Crippen molar-refractivity contribution in [3.8, 4) is 0 Å². The second-order valence-electron chi connectivity index (χ2n) is 7.79. The van der Waals surface area contributed by atoms with E-state index < -0.39 is 0 Å². The largest absolute Gasteiger partial charge is 0.0651 e. The van der Waals surface area contributed by atoms with Gasteiger partial charge in [0.05, 0.1) is 0 Å². The molecule has 0 amide bonds. The molecule has 0 aliphatic rings. The molecule has 110 valence electrons. The van der Waals surface area contributed by atoms with Gasteiger partial charge in [-0.15, -0.1) is 0 Å². The van der Waals surface area contributed by atoms with Crippen LogP contribution in [0.2, 0.25) is 0 Å². The van der Waals surface area contributed by atoms with Crippen LogP contribution in [0.15, 0.2) is 0 Å². The molecule has 0 spiro atoms. The first kappa shape index (κ1) is 18.0. The number of hydrogen-bond acceptors (Lipinski definition) is 0. The van der Waals surface area contributed by atoms with Crippen LogP contribution in [0.1, 0.15) is 88.0 Å². The van der Waals surface area contributed by atoms with E-state index in [0.717, 1.165) is 17.8 Å². The van der Waals surface area contributed by atoms with Crippen LogP contribution in [-0.2, 0) is 0 Å². The van der Waals surface area contributed by atoms with Crippen molar-refractivity contribution < 1.29 is 0 Å². The van der Waals surface area contributed by atoms with Gasteiger partial charge in [-0.1, -0.05) is 81.6 Å². The highest BCUT2D eigenvalue weighted by atomic mass is 14.5. The van der Waals surface area contributed by atoms with E-state index in [1.165, 1.54) is 25.7 Å². The van der Waals surface area contributed by atoms with Crippen LogP contribution in [0, 0.1) is 28.6 Å². The number of rotatable bonds is 8. The molecule has 0 aliphatic heterocycles. The third-order valence-electron chi connectivity index (χ3n) is 5.96. The Hall–Kier alpha value is 0. The van der Waals surface area contributed by atoms with Crippen molar-refractivity contribution >= 4 is 0 Å². The Labute approximate surface area is 117 Å². The molecular weight excluding hydrogens is 216 g/mol. The van der Waals surface area contributed by atoms with E-state index >= 15 is 0 Å². The molecule has 0 radical (unpaired) electrons. The molecule has 0 nitrogen and oxygen atoms in total. The molecule has 0 saturated carbocycles. The van der Waals surface area contributed by atoms with Crippen LogP contribution in [0.4, 0.5) is 0 Å². The van der Waals surface area contributed by atoms with Crippen molar-refractivity contribution in [3.63, 3.8) is 0 Å². The molecule has 1 unspecified atom stereocenters. The van der Waals surface area contributed by atoms with E-state index in [-0.39, 0.29) is 0 Å². The van der Waals surface area contributed by atoms with Crippen molar-refractivity contribution in [2.75, 3.05) is 0 Å². The minimum absolute atomic E-state index is 0.433. The second kappa shape index (κ2) is 6.96. The fraction of sp³-hybridized carbons (Fsp3) is 1.00. The molecule has 0 heteroatoms. The first-order chi connectivity index (χ1) is 8.13. The minimum atomic E-state index is 0.433. The summed E-state index contributed by atoms with van der Waals surface area (Å²) < 4.78 is 0. The quantitative estimate of drug-likeness (QED) is 0.461. The topological polar surface area (TPSA) is 0 Å². The van der Waals surface area contributed by atoms with Crippen LogP contribution in [0.3, 0.4) is 0 Å². The molecule has 0 aromatic heterocycles. The molecule has 0 aromatic rings. The average molecular weight is 255 g/mol. The Bertz CT molecular complexity index is 218. The molecule has 0 bridgehead atoms. The van der Waals surface area contributed by atoms with Gasteiger partial charge in [0.25, 0.3) is 0 Å². The van der Waals surface area contributed by atoms with Crippen LogP contribution in [-0.4, -0.2) is 0 Å². The van der Waals surface area contributed by atoms with Gasteiger partial charge < -0.3 is 0 Å². The van der Waals surface area contributed by atoms with E-state index in [4.69, 9.17) is 0 Å². The third-order valence-corrected chi connectivity index (χ3v) is 5.96. The Morgan fingerprint density at radius 2 is 1.28 bits per heavy atom. The lowest BCUT2D eigenvalue weighted by Crippen LogP contribution is -2.40. The van der Waals surface area contributed by atoms with E-state index in [9.17, 15) is 0 Å². The molecule has 0 aliphatic carbocycles. The second-order valence-corrected chi connectivity index (χ2v) is 7.79. The van der Waals surface area contributed by atoms with Crippen molar-refractivity contribution in [1.82, 2.24) is 0 Å². The molecule has 1 atom stereocenters. The smallest absolute Gasteiger partial charge is 0.0298 e. The van der Waals surface area contributed by atoms with E-state index in [0.29, 0.717) is 10.8 Å². The van der Waals surface area contributed by atoms with Gasteiger partial charge in [0.15, 0.2) is 0 Å². The average Bonchev–Trinajstić information content (AvgIpc) is 2.29. The lowest BCUT2D eigenvalue weighted by molar-refractivity contribution is 0.0114. The van der Waals surface area contributed by atoms with Crippen LogP contribution >= 0.6 is 0 Å². The Morgan fingerprint density at radius 3 is 1.56 bits per heavy atom. The predicted octanol–water partition coefficient (Wildman–Crippen LogP) is 6.55. The molecule has 0 saturated heterocycles. The molecule has 0 heterocycles. The Balaban J connectivity index is 5.19. The summed E-state index contributed by atoms with van der Waals surface area (Å²) in [6, 6.07) is 0. The zero-order chi connectivity index (χ0) is 14.6. The zero-order valence-corrected chi connectivity index (χ0v) is 14.6. The fourth-order valence-corrected chi connectivity index (χ4v) is 3.23. The van der Waals surface area contributed by atoms with Gasteiger partial charge in [0.1, 0.15) is 0 Å². The van der Waals surface area contributed by atoms with Gasteiger partial charge in [-0.25, -0.2) is 0 Å². The summed E-state index contributed by atoms with van der Waals surface area (Å²) in [6.07, 6.45) is 5.36. The van der Waals surface area contributed by atoms with Crippen molar-refractivity contribution in [1.29, 1.82) is 0 Å². The van der Waals surface area contributed by atoms with Gasteiger partial charge in [0, 0.05) is 0 Å². The van der Waals surface area contributed by atoms with Gasteiger partial charge >= 0.3 is 0 Å². The maximum Gasteiger partial charge on any atom is -0.0298 e. The molecule has 0 fully saturated rings. The third kappa shape index (κ3) is 4.28. The first-order valence-corrected chi connectivity index (χ1v) is 8.13. The SMILES string of the molecule is CCC(CC)CC(C(C)(C)CC)C(C)(C)C(C)C. The van der Waals surface area contributed by atoms with Crippen molar-refractivity contribution in [2.24, 2.45) is 28.6 Å². The summed E-state index contributed by atoms with van der Waals surface area (Å²) >= 11 is 0. The molecule has 0 N–H and O–H groups in total. The van der Waals surface area contributed by atoms with Gasteiger partial charge in [-0.2, -0.15) is 0 Å². The lowest BCUT2D eigenvalue weighted by Gasteiger charge is -2.48. The maximum atomic E-state index is 2.49. The summed E-state index contributed by atoms with van der Waals surface area (Å²) in [7, 11) is 0. The van der Waals surface area contributed by atoms with Gasteiger partial charge in [-0.3, -0.25) is 0 Å². The van der Waals surface area contributed by atoms with Gasteiger partial charge in [-0.05, 0) is 35.0 Å². The van der Waals surface area contributed by atoms with Crippen LogP contribution in [0.25, 0.3) is 0 Å². The molecule has 18 heavy (non-hydrogen) atoms. The Kier molecular flexibility index (Phi) is 6.96. The minimum Gasteiger partial charge on any atom is -0.0651 e. The highest BCUT2D eigenvalue weighted by Gasteiger charge is 2.41. The maximum absolute atomic E-state index is 2.49.